The summed E-state index contributed by atoms with van der Waals surface area (Å²) in [4.78, 5) is 31.1. The number of primary amides is 1. The molecule has 0 radical (unpaired) electrons. The van der Waals surface area contributed by atoms with E-state index in [1.54, 1.807) is 30.3 Å². The van der Waals surface area contributed by atoms with Crippen LogP contribution in [0, 0.1) is 0 Å². The van der Waals surface area contributed by atoms with Gasteiger partial charge in [0.05, 0.1) is 0 Å². The number of carbonyl (C=O) groups excluding carboxylic acids is 2. The lowest BCUT2D eigenvalue weighted by Gasteiger charge is -1.92. The van der Waals surface area contributed by atoms with Crippen LogP contribution >= 0.6 is 0 Å². The molecule has 0 bridgehead atoms. The van der Waals surface area contributed by atoms with Crippen molar-refractivity contribution in [2.45, 2.75) is 32.6 Å². The van der Waals surface area contributed by atoms with Crippen LogP contribution in [0.4, 0.5) is 0 Å². The van der Waals surface area contributed by atoms with Gasteiger partial charge in [0.25, 0.3) is 5.91 Å². The van der Waals surface area contributed by atoms with Crippen molar-refractivity contribution in [2.75, 3.05) is 0 Å². The van der Waals surface area contributed by atoms with Crippen LogP contribution in [0.5, 0.6) is 0 Å². The summed E-state index contributed by atoms with van der Waals surface area (Å²) >= 11 is 0. The zero-order valence-corrected chi connectivity index (χ0v) is 11.0. The van der Waals surface area contributed by atoms with E-state index in [9.17, 15) is 14.4 Å². The fourth-order valence-electron chi connectivity index (χ4n) is 1.26. The second kappa shape index (κ2) is 9.82. The fourth-order valence-corrected chi connectivity index (χ4v) is 1.26. The number of aliphatic carboxylic acids is 1. The predicted octanol–water partition coefficient (Wildman–Crippen LogP) is 2.01. The molecular weight excluding hydrogens is 246 g/mol. The molecule has 104 valence electrons. The maximum atomic E-state index is 10.9. The van der Waals surface area contributed by atoms with Crippen LogP contribution in [0.1, 0.15) is 43.0 Å². The number of nitrogens with two attached hydrogens (primary N) is 1. The van der Waals surface area contributed by atoms with E-state index in [2.05, 4.69) is 6.92 Å². The third kappa shape index (κ3) is 8.54. The molecule has 5 heteroatoms. The molecule has 0 aliphatic rings. The van der Waals surface area contributed by atoms with Gasteiger partial charge in [-0.15, -0.1) is 0 Å². The second-order valence-electron chi connectivity index (χ2n) is 3.91. The van der Waals surface area contributed by atoms with Gasteiger partial charge in [0, 0.05) is 12.0 Å². The third-order valence-electron chi connectivity index (χ3n) is 2.25. The van der Waals surface area contributed by atoms with Crippen LogP contribution in [0.2, 0.25) is 0 Å². The topological polar surface area (TPSA) is 97.5 Å². The first kappa shape index (κ1) is 16.8. The Morgan fingerprint density at radius 2 is 1.68 bits per heavy atom. The lowest BCUT2D eigenvalue weighted by molar-refractivity contribution is -0.137. The molecule has 0 fully saturated rings. The molecule has 1 aromatic carbocycles. The number of amides is 1. The molecule has 0 aliphatic carbocycles. The van der Waals surface area contributed by atoms with Crippen molar-refractivity contribution in [1.82, 2.24) is 0 Å². The summed E-state index contributed by atoms with van der Waals surface area (Å²) in [6.45, 7) is 2.06. The predicted molar refractivity (Wildman–Crippen MR) is 71.7 cm³/mol. The second-order valence-corrected chi connectivity index (χ2v) is 3.91. The number of hydrogen-bond acceptors (Lipinski definition) is 3. The number of Topliss-reactive ketones (excluding diaryl/α,β-unsaturated/α-hetero) is 1. The van der Waals surface area contributed by atoms with E-state index >= 15 is 0 Å². The van der Waals surface area contributed by atoms with Gasteiger partial charge in [0.1, 0.15) is 0 Å². The monoisotopic (exact) mass is 265 g/mol. The van der Waals surface area contributed by atoms with Gasteiger partial charge in [-0.1, -0.05) is 50.1 Å². The van der Waals surface area contributed by atoms with E-state index in [0.717, 1.165) is 19.3 Å². The highest BCUT2D eigenvalue weighted by Gasteiger charge is 2.09. The highest BCUT2D eigenvalue weighted by molar-refractivity contribution is 6.42. The smallest absolute Gasteiger partial charge is 0.303 e. The average Bonchev–Trinajstić information content (AvgIpc) is 2.39. The molecule has 5 nitrogen and oxygen atoms in total. The molecule has 0 spiro atoms. The molecular formula is C14H19NO4. The van der Waals surface area contributed by atoms with Gasteiger partial charge < -0.3 is 10.8 Å². The molecule has 0 saturated heterocycles. The van der Waals surface area contributed by atoms with Crippen LogP contribution in [0.25, 0.3) is 0 Å². The van der Waals surface area contributed by atoms with E-state index in [1.807, 2.05) is 0 Å². The zero-order chi connectivity index (χ0) is 14.7. The third-order valence-corrected chi connectivity index (χ3v) is 2.25. The molecule has 0 aromatic heterocycles. The van der Waals surface area contributed by atoms with Gasteiger partial charge in [0.15, 0.2) is 0 Å². The maximum Gasteiger partial charge on any atom is 0.303 e. The minimum Gasteiger partial charge on any atom is -0.481 e. The number of benzene rings is 1. The largest absolute Gasteiger partial charge is 0.481 e. The van der Waals surface area contributed by atoms with E-state index in [-0.39, 0.29) is 0 Å². The molecule has 3 N–H and O–H groups in total. The molecule has 0 heterocycles. The summed E-state index contributed by atoms with van der Waals surface area (Å²) in [5.74, 6) is -2.25. The number of unbranched alkanes of at least 4 members (excludes halogenated alkanes) is 2. The number of ketones is 1. The molecule has 0 unspecified atom stereocenters. The number of carboxylic acids is 1. The lowest BCUT2D eigenvalue weighted by atomic mass is 10.1. The van der Waals surface area contributed by atoms with Crippen molar-refractivity contribution < 1.29 is 19.5 Å². The van der Waals surface area contributed by atoms with Gasteiger partial charge in [-0.2, -0.15) is 0 Å². The Hall–Kier alpha value is -2.17. The molecule has 1 rings (SSSR count). The molecule has 19 heavy (non-hydrogen) atoms. The Kier molecular flexibility index (Phi) is 8.70. The Labute approximate surface area is 112 Å². The van der Waals surface area contributed by atoms with Gasteiger partial charge in [-0.25, -0.2) is 0 Å². The number of carbonyl (C=O) groups is 3. The standard InChI is InChI=1S/C8H7NO2.C6H12O2/c9-8(11)7(10)6-4-2-1-3-5-6;1-2-3-4-5-6(7)8/h1-5H,(H2,9,11);2-5H2,1H3,(H,7,8). The summed E-state index contributed by atoms with van der Waals surface area (Å²) in [5, 5.41) is 8.14. The van der Waals surface area contributed by atoms with Crippen LogP contribution in [-0.2, 0) is 9.59 Å². The highest BCUT2D eigenvalue weighted by atomic mass is 16.4. The number of carboxylic acid groups (broad SMARTS) is 1. The van der Waals surface area contributed by atoms with E-state index in [0.29, 0.717) is 12.0 Å². The van der Waals surface area contributed by atoms with Crippen molar-refractivity contribution >= 4 is 17.7 Å². The molecule has 1 amide bonds. The van der Waals surface area contributed by atoms with Crippen LogP contribution in [0.3, 0.4) is 0 Å². The Morgan fingerprint density at radius 3 is 2.11 bits per heavy atom. The van der Waals surface area contributed by atoms with Gasteiger partial charge in [0.2, 0.25) is 5.78 Å². The summed E-state index contributed by atoms with van der Waals surface area (Å²) in [7, 11) is 0. The first-order valence-corrected chi connectivity index (χ1v) is 6.10. The minimum absolute atomic E-state index is 0.327. The summed E-state index contributed by atoms with van der Waals surface area (Å²) in [6, 6.07) is 8.21. The van der Waals surface area contributed by atoms with Crippen LogP contribution < -0.4 is 5.73 Å². The van der Waals surface area contributed by atoms with E-state index in [1.165, 1.54) is 0 Å². The van der Waals surface area contributed by atoms with Crippen molar-refractivity contribution in [3.05, 3.63) is 35.9 Å². The van der Waals surface area contributed by atoms with Gasteiger partial charge in [-0.05, 0) is 6.42 Å². The Balaban J connectivity index is 0.000000362. The lowest BCUT2D eigenvalue weighted by Crippen LogP contribution is -2.22. The summed E-state index contributed by atoms with van der Waals surface area (Å²) in [5.41, 5.74) is 5.11. The maximum absolute atomic E-state index is 10.9. The molecule has 0 atom stereocenters. The summed E-state index contributed by atoms with van der Waals surface area (Å²) in [6.07, 6.45) is 3.28. The molecule has 0 aliphatic heterocycles. The fraction of sp³-hybridized carbons (Fsp3) is 0.357. The number of hydrogen-bond donors (Lipinski definition) is 2. The van der Waals surface area contributed by atoms with Crippen molar-refractivity contribution in [1.29, 1.82) is 0 Å². The Morgan fingerprint density at radius 1 is 1.11 bits per heavy atom. The van der Waals surface area contributed by atoms with Gasteiger partial charge in [-0.3, -0.25) is 14.4 Å². The average molecular weight is 265 g/mol. The van der Waals surface area contributed by atoms with E-state index in [4.69, 9.17) is 10.8 Å². The SMILES string of the molecule is CCCCCC(=O)O.NC(=O)C(=O)c1ccccc1. The quantitative estimate of drug-likeness (QED) is 0.467. The normalized spacial score (nSPS) is 9.11. The minimum atomic E-state index is -0.920. The van der Waals surface area contributed by atoms with E-state index < -0.39 is 17.7 Å². The van der Waals surface area contributed by atoms with Crippen LogP contribution in [-0.4, -0.2) is 22.8 Å². The van der Waals surface area contributed by atoms with Crippen LogP contribution in [0.15, 0.2) is 30.3 Å². The molecule has 1 aromatic rings. The summed E-state index contributed by atoms with van der Waals surface area (Å²) < 4.78 is 0. The first-order valence-electron chi connectivity index (χ1n) is 6.10. The van der Waals surface area contributed by atoms with Gasteiger partial charge >= 0.3 is 5.97 Å². The van der Waals surface area contributed by atoms with Crippen molar-refractivity contribution in [2.24, 2.45) is 5.73 Å². The highest BCUT2D eigenvalue weighted by Crippen LogP contribution is 1.98. The Bertz CT molecular complexity index is 415. The molecule has 0 saturated carbocycles. The van der Waals surface area contributed by atoms with Crippen molar-refractivity contribution in [3.63, 3.8) is 0 Å². The zero-order valence-electron chi connectivity index (χ0n) is 11.0. The van der Waals surface area contributed by atoms with Crippen molar-refractivity contribution in [3.8, 4) is 0 Å². The number of rotatable bonds is 6. The first-order chi connectivity index (χ1) is 8.99.